The first-order valence-electron chi connectivity index (χ1n) is 14.5. The highest BCUT2D eigenvalue weighted by atomic mass is 32.2. The molecule has 39 heavy (non-hydrogen) atoms. The van der Waals surface area contributed by atoms with Crippen molar-refractivity contribution < 1.29 is 36.7 Å². The Hall–Kier alpha value is -1.52. The summed E-state index contributed by atoms with van der Waals surface area (Å²) in [6.45, 7) is 10.9. The van der Waals surface area contributed by atoms with E-state index < -0.39 is 46.1 Å². The summed E-state index contributed by atoms with van der Waals surface area (Å²) in [5, 5.41) is 11.7. The van der Waals surface area contributed by atoms with Crippen LogP contribution in [-0.2, 0) is 33.3 Å². The minimum Gasteiger partial charge on any atom is -0.460 e. The fraction of sp³-hybridized carbons (Fsp3) is 0.767. The summed E-state index contributed by atoms with van der Waals surface area (Å²) < 4.78 is 49.6. The maximum Gasteiger partial charge on any atom is 0.333 e. The van der Waals surface area contributed by atoms with Gasteiger partial charge in [-0.05, 0) is 67.9 Å². The first kappa shape index (κ1) is 29.0. The van der Waals surface area contributed by atoms with E-state index in [1.807, 2.05) is 6.92 Å². The number of rotatable bonds is 6. The summed E-state index contributed by atoms with van der Waals surface area (Å²) in [7, 11) is -4.11. The number of hydrogen-bond acceptors (Lipinski definition) is 8. The maximum atomic E-state index is 13.3. The second kappa shape index (κ2) is 10.4. The van der Waals surface area contributed by atoms with Crippen LogP contribution in [0.5, 0.6) is 0 Å². The number of hydrogen-bond donors (Lipinski definition) is 1. The van der Waals surface area contributed by atoms with Crippen molar-refractivity contribution in [3.05, 3.63) is 29.8 Å². The second-order valence-electron chi connectivity index (χ2n) is 12.7. The van der Waals surface area contributed by atoms with Crippen LogP contribution in [0.2, 0.25) is 0 Å². The zero-order valence-corrected chi connectivity index (χ0v) is 24.7. The van der Waals surface area contributed by atoms with Crippen LogP contribution >= 0.6 is 0 Å². The maximum absolute atomic E-state index is 13.3. The lowest BCUT2D eigenvalue weighted by atomic mass is 9.44. The molecule has 1 N–H and O–H groups in total. The molecule has 1 aliphatic heterocycles. The molecule has 0 amide bonds. The number of ether oxygens (including phenoxy) is 3. The molecule has 218 valence electrons. The molecule has 5 rings (SSSR count). The third kappa shape index (κ3) is 4.66. The van der Waals surface area contributed by atoms with Crippen LogP contribution < -0.4 is 0 Å². The predicted molar refractivity (Wildman–Crippen MR) is 144 cm³/mol. The van der Waals surface area contributed by atoms with Gasteiger partial charge < -0.3 is 19.3 Å². The summed E-state index contributed by atoms with van der Waals surface area (Å²) in [4.78, 5) is 13.3. The molecule has 1 aromatic carbocycles. The molecule has 0 aromatic heterocycles. The molecule has 8 atom stereocenters. The Kier molecular flexibility index (Phi) is 7.72. The van der Waals surface area contributed by atoms with Gasteiger partial charge in [-0.3, -0.25) is 4.18 Å². The van der Waals surface area contributed by atoms with Crippen molar-refractivity contribution in [1.29, 1.82) is 0 Å². The number of esters is 1. The van der Waals surface area contributed by atoms with Gasteiger partial charge >= 0.3 is 5.97 Å². The third-order valence-corrected chi connectivity index (χ3v) is 12.3. The largest absolute Gasteiger partial charge is 0.460 e. The average molecular weight is 565 g/mol. The van der Waals surface area contributed by atoms with E-state index in [-0.39, 0.29) is 34.0 Å². The normalized spacial score (nSPS) is 39.6. The fourth-order valence-corrected chi connectivity index (χ4v) is 9.53. The second-order valence-corrected chi connectivity index (χ2v) is 14.3. The average Bonchev–Trinajstić information content (AvgIpc) is 3.52. The number of aliphatic hydroxyl groups excluding tert-OH is 1. The number of aryl methyl sites for hydroxylation is 1. The van der Waals surface area contributed by atoms with Crippen LogP contribution in [0.4, 0.5) is 0 Å². The van der Waals surface area contributed by atoms with E-state index in [1.165, 1.54) is 12.1 Å². The monoisotopic (exact) mass is 564 g/mol. The van der Waals surface area contributed by atoms with Crippen LogP contribution in [0, 0.1) is 41.4 Å². The van der Waals surface area contributed by atoms with Gasteiger partial charge in [0.15, 0.2) is 12.4 Å². The topological polar surface area (TPSA) is 108 Å². The Morgan fingerprint density at radius 3 is 2.41 bits per heavy atom. The van der Waals surface area contributed by atoms with Gasteiger partial charge in [-0.1, -0.05) is 51.8 Å². The Bertz CT molecular complexity index is 1160. The Labute approximate surface area is 232 Å². The van der Waals surface area contributed by atoms with Gasteiger partial charge in [-0.2, -0.15) is 8.42 Å². The van der Waals surface area contributed by atoms with Gasteiger partial charge in [-0.25, -0.2) is 4.79 Å². The molecule has 0 unspecified atom stereocenters. The lowest BCUT2D eigenvalue weighted by Crippen LogP contribution is -2.65. The predicted octanol–water partition coefficient (Wildman–Crippen LogP) is 4.61. The van der Waals surface area contributed by atoms with Crippen molar-refractivity contribution in [2.75, 3.05) is 19.8 Å². The highest BCUT2D eigenvalue weighted by Crippen LogP contribution is 2.72. The van der Waals surface area contributed by atoms with Gasteiger partial charge in [0.05, 0.1) is 24.2 Å². The highest BCUT2D eigenvalue weighted by Gasteiger charge is 2.73. The molecular weight excluding hydrogens is 520 g/mol. The van der Waals surface area contributed by atoms with E-state index in [1.54, 1.807) is 12.1 Å². The minimum atomic E-state index is -4.11. The van der Waals surface area contributed by atoms with Crippen LogP contribution in [0.15, 0.2) is 29.2 Å². The first-order chi connectivity index (χ1) is 18.4. The molecule has 0 radical (unpaired) electrons. The standard InChI is InChI=1S/C30H44O8S/c1-6-22-17-24(38-25(31)18-37-39(33,34)23-9-7-19(2)8-10-23)28(5)20(3)11-12-29(21(4)26(22)32)13-14-30(27(28)29)35-15-16-36-30/h7-10,20-22,24,26-27,32H,6,11-18H2,1-5H3/t20-,21+,22+,24+,26+,27+,28+,29+/m1/s1. The Balaban J connectivity index is 1.46. The Morgan fingerprint density at radius 2 is 1.77 bits per heavy atom. The highest BCUT2D eigenvalue weighted by molar-refractivity contribution is 7.86. The quantitative estimate of drug-likeness (QED) is 0.394. The number of benzene rings is 1. The minimum absolute atomic E-state index is 0.00362. The van der Waals surface area contributed by atoms with Gasteiger partial charge in [0.2, 0.25) is 0 Å². The Morgan fingerprint density at radius 1 is 1.10 bits per heavy atom. The first-order valence-corrected chi connectivity index (χ1v) is 15.9. The van der Waals surface area contributed by atoms with Crippen molar-refractivity contribution in [3.8, 4) is 0 Å². The lowest BCUT2D eigenvalue weighted by molar-refractivity contribution is -0.281. The summed E-state index contributed by atoms with van der Waals surface area (Å²) >= 11 is 0. The summed E-state index contributed by atoms with van der Waals surface area (Å²) in [5.74, 6) is -1.36. The van der Waals surface area contributed by atoms with E-state index in [0.29, 0.717) is 19.6 Å². The molecule has 1 spiro atoms. The molecule has 1 heterocycles. The van der Waals surface area contributed by atoms with Crippen molar-refractivity contribution in [3.63, 3.8) is 0 Å². The summed E-state index contributed by atoms with van der Waals surface area (Å²) in [5.41, 5.74) is 0.228. The number of carbonyl (C=O) groups is 1. The van der Waals surface area contributed by atoms with Gasteiger partial charge in [0, 0.05) is 17.8 Å². The molecular formula is C30H44O8S. The van der Waals surface area contributed by atoms with E-state index in [2.05, 4.69) is 27.7 Å². The molecule has 8 nitrogen and oxygen atoms in total. The van der Waals surface area contributed by atoms with Gasteiger partial charge in [0.1, 0.15) is 6.10 Å². The van der Waals surface area contributed by atoms with E-state index in [4.69, 9.17) is 18.4 Å². The SMILES string of the molecule is CC[C@H]1C[C@H](OC(=O)COS(=O)(=O)c2ccc(C)cc2)[C@]2(C)[C@H](C)CC[C@]3(CCC4(OCCO4)[C@H]32)[C@@H](C)[C@@H]1O. The molecule has 1 saturated heterocycles. The molecule has 3 saturated carbocycles. The zero-order valence-electron chi connectivity index (χ0n) is 23.9. The molecule has 2 bridgehead atoms. The van der Waals surface area contributed by atoms with Crippen molar-refractivity contribution in [2.45, 2.75) is 96.0 Å². The molecule has 4 fully saturated rings. The van der Waals surface area contributed by atoms with Crippen LogP contribution in [0.1, 0.15) is 71.8 Å². The summed E-state index contributed by atoms with van der Waals surface area (Å²) in [6, 6.07) is 6.29. The van der Waals surface area contributed by atoms with E-state index in [0.717, 1.165) is 37.7 Å². The van der Waals surface area contributed by atoms with Crippen molar-refractivity contribution in [2.24, 2.45) is 34.5 Å². The zero-order chi connectivity index (χ0) is 28.2. The molecule has 9 heteroatoms. The van der Waals surface area contributed by atoms with Gasteiger partial charge in [-0.15, -0.1) is 0 Å². The molecule has 1 aromatic rings. The van der Waals surface area contributed by atoms with Crippen LogP contribution in [0.3, 0.4) is 0 Å². The van der Waals surface area contributed by atoms with Crippen molar-refractivity contribution in [1.82, 2.24) is 0 Å². The van der Waals surface area contributed by atoms with E-state index in [9.17, 15) is 18.3 Å². The smallest absolute Gasteiger partial charge is 0.333 e. The lowest BCUT2D eigenvalue weighted by Gasteiger charge is -2.63. The fourth-order valence-electron chi connectivity index (χ4n) is 8.67. The molecule has 4 aliphatic rings. The summed E-state index contributed by atoms with van der Waals surface area (Å²) in [6.07, 6.45) is 3.71. The van der Waals surface area contributed by atoms with Crippen LogP contribution in [-0.4, -0.2) is 57.3 Å². The number of carbonyl (C=O) groups excluding carboxylic acids is 1. The third-order valence-electron chi connectivity index (χ3n) is 11.0. The van der Waals surface area contributed by atoms with Crippen molar-refractivity contribution >= 4 is 16.1 Å². The van der Waals surface area contributed by atoms with Crippen LogP contribution in [0.25, 0.3) is 0 Å². The number of aliphatic hydroxyl groups is 1. The molecule has 3 aliphatic carbocycles. The van der Waals surface area contributed by atoms with Gasteiger partial charge in [0.25, 0.3) is 10.1 Å². The van der Waals surface area contributed by atoms with E-state index >= 15 is 0 Å².